The summed E-state index contributed by atoms with van der Waals surface area (Å²) in [5.41, 5.74) is 1.08. The Kier molecular flexibility index (Phi) is 7.80. The lowest BCUT2D eigenvalue weighted by Crippen LogP contribution is -2.36. The molecule has 178 valence electrons. The largest absolute Gasteiger partial charge is 0.505 e. The van der Waals surface area contributed by atoms with E-state index < -0.39 is 29.4 Å². The highest BCUT2D eigenvalue weighted by atomic mass is 35.5. The monoisotopic (exact) mass is 485 g/mol. The van der Waals surface area contributed by atoms with Gasteiger partial charge in [-0.1, -0.05) is 47.5 Å². The molecule has 10 heteroatoms. The van der Waals surface area contributed by atoms with Crippen LogP contribution < -0.4 is 20.9 Å². The number of aliphatic carboxylic acids is 1. The van der Waals surface area contributed by atoms with Crippen LogP contribution in [0.1, 0.15) is 29.2 Å². The Hall–Kier alpha value is -3.98. The molecule has 2 aromatic carbocycles. The normalized spacial score (nSPS) is 11.5. The number of rotatable bonds is 8. The fourth-order valence-corrected chi connectivity index (χ4v) is 3.62. The zero-order valence-corrected chi connectivity index (χ0v) is 19.3. The number of aryl methyl sites for hydroxylation is 1. The highest BCUT2D eigenvalue weighted by Crippen LogP contribution is 2.27. The number of pyridine rings is 1. The summed E-state index contributed by atoms with van der Waals surface area (Å²) in [6.07, 6.45) is 0.997. The Morgan fingerprint density at radius 3 is 2.50 bits per heavy atom. The van der Waals surface area contributed by atoms with Crippen molar-refractivity contribution in [2.45, 2.75) is 25.9 Å². The van der Waals surface area contributed by atoms with Gasteiger partial charge in [-0.05, 0) is 30.7 Å². The summed E-state index contributed by atoms with van der Waals surface area (Å²) < 4.78 is 6.56. The third kappa shape index (κ3) is 5.87. The van der Waals surface area contributed by atoms with Crippen molar-refractivity contribution < 1.29 is 24.5 Å². The lowest BCUT2D eigenvalue weighted by atomic mass is 10.0. The summed E-state index contributed by atoms with van der Waals surface area (Å²) >= 11 is 6.26. The number of urea groups is 1. The van der Waals surface area contributed by atoms with Gasteiger partial charge in [0.15, 0.2) is 5.69 Å². The molecule has 0 aliphatic carbocycles. The Morgan fingerprint density at radius 1 is 1.15 bits per heavy atom. The van der Waals surface area contributed by atoms with E-state index in [9.17, 15) is 24.6 Å². The summed E-state index contributed by atoms with van der Waals surface area (Å²) in [5, 5.41) is 24.7. The third-order valence-electron chi connectivity index (χ3n) is 5.17. The van der Waals surface area contributed by atoms with Gasteiger partial charge in [0.05, 0.1) is 26.1 Å². The van der Waals surface area contributed by atoms with Crippen molar-refractivity contribution in [3.8, 4) is 11.5 Å². The number of hydrogen-bond acceptors (Lipinski definition) is 5. The lowest BCUT2D eigenvalue weighted by molar-refractivity contribution is -0.137. The first-order valence-electron chi connectivity index (χ1n) is 10.3. The van der Waals surface area contributed by atoms with Gasteiger partial charge < -0.3 is 30.2 Å². The molecule has 34 heavy (non-hydrogen) atoms. The van der Waals surface area contributed by atoms with E-state index in [-0.39, 0.29) is 18.7 Å². The van der Waals surface area contributed by atoms with Crippen molar-refractivity contribution in [3.63, 3.8) is 0 Å². The van der Waals surface area contributed by atoms with Crippen molar-refractivity contribution in [2.24, 2.45) is 0 Å². The minimum Gasteiger partial charge on any atom is -0.505 e. The molecule has 2 amide bonds. The molecule has 0 aliphatic rings. The van der Waals surface area contributed by atoms with Crippen molar-refractivity contribution in [2.75, 3.05) is 12.4 Å². The van der Waals surface area contributed by atoms with Crippen LogP contribution in [0.5, 0.6) is 11.5 Å². The second-order valence-corrected chi connectivity index (χ2v) is 8.00. The average molecular weight is 486 g/mol. The van der Waals surface area contributed by atoms with Crippen LogP contribution in [0.25, 0.3) is 0 Å². The highest BCUT2D eigenvalue weighted by molar-refractivity contribution is 6.31. The molecule has 1 heterocycles. The van der Waals surface area contributed by atoms with Gasteiger partial charge >= 0.3 is 12.0 Å². The molecule has 3 aromatic rings. The summed E-state index contributed by atoms with van der Waals surface area (Å²) in [6, 6.07) is 11.7. The summed E-state index contributed by atoms with van der Waals surface area (Å²) in [7, 11) is 1.48. The number of aromatic hydroxyl groups is 1. The second-order valence-electron chi connectivity index (χ2n) is 7.59. The predicted octanol–water partition coefficient (Wildman–Crippen LogP) is 3.91. The van der Waals surface area contributed by atoms with E-state index in [1.165, 1.54) is 23.9 Å². The van der Waals surface area contributed by atoms with E-state index in [1.807, 2.05) is 6.92 Å². The minimum absolute atomic E-state index is 0.0310. The smallest absolute Gasteiger partial charge is 0.319 e. The first kappa shape index (κ1) is 24.7. The molecule has 1 aromatic heterocycles. The number of nitrogens with one attached hydrogen (secondary N) is 2. The molecule has 0 unspecified atom stereocenters. The summed E-state index contributed by atoms with van der Waals surface area (Å²) in [6.45, 7) is 1.92. The molecule has 3 rings (SSSR count). The van der Waals surface area contributed by atoms with Crippen LogP contribution in [0.2, 0.25) is 5.02 Å². The van der Waals surface area contributed by atoms with Crippen LogP contribution in [-0.4, -0.2) is 33.9 Å². The molecule has 0 spiro atoms. The van der Waals surface area contributed by atoms with Crippen LogP contribution in [0.4, 0.5) is 10.5 Å². The Morgan fingerprint density at radius 2 is 1.85 bits per heavy atom. The number of ether oxygens (including phenoxy) is 1. The number of carbonyl (C=O) groups is 2. The Labute approximate surface area is 200 Å². The summed E-state index contributed by atoms with van der Waals surface area (Å²) in [5.74, 6) is -1.06. The van der Waals surface area contributed by atoms with Crippen molar-refractivity contribution >= 4 is 29.3 Å². The van der Waals surface area contributed by atoms with E-state index in [0.29, 0.717) is 21.9 Å². The van der Waals surface area contributed by atoms with E-state index in [1.54, 1.807) is 42.5 Å². The van der Waals surface area contributed by atoms with E-state index in [4.69, 9.17) is 16.3 Å². The first-order chi connectivity index (χ1) is 16.2. The molecule has 1 atom stereocenters. The second kappa shape index (κ2) is 10.8. The topological polar surface area (TPSA) is 130 Å². The molecule has 0 bridgehead atoms. The zero-order chi connectivity index (χ0) is 24.8. The average Bonchev–Trinajstić information content (AvgIpc) is 2.79. The first-order valence-corrected chi connectivity index (χ1v) is 10.7. The SMILES string of the molecule is COc1cccc(Cl)c1Cn1ccc(O)c(NC(=O)N[C@@H](CC(=O)O)c2ccc(C)cc2)c1=O. The molecule has 0 radical (unpaired) electrons. The van der Waals surface area contributed by atoms with Crippen molar-refractivity contribution in [1.82, 2.24) is 9.88 Å². The lowest BCUT2D eigenvalue weighted by Gasteiger charge is -2.19. The van der Waals surface area contributed by atoms with Gasteiger partial charge in [-0.2, -0.15) is 0 Å². The summed E-state index contributed by atoms with van der Waals surface area (Å²) in [4.78, 5) is 37.0. The van der Waals surface area contributed by atoms with Crippen LogP contribution in [0.15, 0.2) is 59.5 Å². The standard InChI is InChI=1S/C24H24ClN3O6/c1-14-6-8-15(9-7-14)18(12-21(30)31)26-24(33)27-22-19(29)10-11-28(23(22)32)13-16-17(25)4-3-5-20(16)34-2/h3-11,18,29H,12-13H2,1-2H3,(H,30,31)(H2,26,27,33)/t18-/m0/s1. The van der Waals surface area contributed by atoms with Gasteiger partial charge in [-0.15, -0.1) is 0 Å². The van der Waals surface area contributed by atoms with E-state index in [2.05, 4.69) is 10.6 Å². The van der Waals surface area contributed by atoms with Gasteiger partial charge in [0.1, 0.15) is 11.5 Å². The number of carboxylic acids is 1. The number of amides is 2. The molecule has 9 nitrogen and oxygen atoms in total. The number of methoxy groups -OCH3 is 1. The molecule has 4 N–H and O–H groups in total. The number of anilines is 1. The number of benzene rings is 2. The number of halogens is 1. The van der Waals surface area contributed by atoms with Crippen LogP contribution in [-0.2, 0) is 11.3 Å². The van der Waals surface area contributed by atoms with Crippen molar-refractivity contribution in [3.05, 3.63) is 86.8 Å². The van der Waals surface area contributed by atoms with Gasteiger partial charge in [0.2, 0.25) is 0 Å². The fraction of sp³-hybridized carbons (Fsp3) is 0.208. The third-order valence-corrected chi connectivity index (χ3v) is 5.52. The zero-order valence-electron chi connectivity index (χ0n) is 18.5. The molecule has 0 aliphatic heterocycles. The maximum absolute atomic E-state index is 13.0. The van der Waals surface area contributed by atoms with Gasteiger partial charge in [0.25, 0.3) is 5.56 Å². The van der Waals surface area contributed by atoms with Gasteiger partial charge in [-0.3, -0.25) is 9.59 Å². The number of nitrogens with zero attached hydrogens (tertiary/aromatic N) is 1. The molecular formula is C24H24ClN3O6. The maximum atomic E-state index is 13.0. The van der Waals surface area contributed by atoms with Gasteiger partial charge in [0, 0.05) is 16.8 Å². The van der Waals surface area contributed by atoms with Crippen LogP contribution in [0.3, 0.4) is 0 Å². The quantitative estimate of drug-likeness (QED) is 0.382. The van der Waals surface area contributed by atoms with Crippen molar-refractivity contribution in [1.29, 1.82) is 0 Å². The molecule has 0 saturated heterocycles. The van der Waals surface area contributed by atoms with Crippen LogP contribution in [0, 0.1) is 6.92 Å². The number of hydrogen-bond donors (Lipinski definition) is 4. The number of aromatic nitrogens is 1. The molecule has 0 saturated carbocycles. The molecule has 0 fully saturated rings. The van der Waals surface area contributed by atoms with Crippen LogP contribution >= 0.6 is 11.6 Å². The highest BCUT2D eigenvalue weighted by Gasteiger charge is 2.20. The Bertz CT molecular complexity index is 1260. The molecular weight excluding hydrogens is 462 g/mol. The maximum Gasteiger partial charge on any atom is 0.319 e. The van der Waals surface area contributed by atoms with E-state index in [0.717, 1.165) is 5.56 Å². The number of carboxylic acid groups (broad SMARTS) is 1. The Balaban J connectivity index is 1.84. The fourth-order valence-electron chi connectivity index (χ4n) is 3.39. The van der Waals surface area contributed by atoms with E-state index >= 15 is 0 Å². The number of carbonyl (C=O) groups excluding carboxylic acids is 1. The van der Waals surface area contributed by atoms with Gasteiger partial charge in [-0.25, -0.2) is 4.79 Å². The predicted molar refractivity (Wildman–Crippen MR) is 128 cm³/mol. The minimum atomic E-state index is -1.11.